The number of rotatable bonds is 7. The molecule has 4 saturated carbocycles. The predicted octanol–water partition coefficient (Wildman–Crippen LogP) is 4.38. The topological polar surface area (TPSA) is 90.6 Å². The molecule has 6 heteroatoms. The molecule has 3 N–H and O–H groups in total. The van der Waals surface area contributed by atoms with Crippen LogP contribution in [0, 0.1) is 17.8 Å². The molecule has 0 saturated heterocycles. The number of ether oxygens (including phenoxy) is 2. The van der Waals surface area contributed by atoms with Crippen molar-refractivity contribution in [2.45, 2.75) is 43.9 Å². The minimum Gasteiger partial charge on any atom is -0.484 e. The Balaban J connectivity index is 1.53. The Labute approximate surface area is 200 Å². The van der Waals surface area contributed by atoms with Crippen LogP contribution in [-0.2, 0) is 19.7 Å². The normalized spacial score (nSPS) is 26.7. The van der Waals surface area contributed by atoms with Crippen LogP contribution in [0.2, 0.25) is 0 Å². The van der Waals surface area contributed by atoms with Crippen LogP contribution in [-0.4, -0.2) is 25.6 Å². The van der Waals surface area contributed by atoms with Gasteiger partial charge in [0.15, 0.2) is 6.61 Å². The fourth-order valence-electron chi connectivity index (χ4n) is 7.03. The number of amides is 1. The van der Waals surface area contributed by atoms with Crippen LogP contribution in [0.5, 0.6) is 5.75 Å². The summed E-state index contributed by atoms with van der Waals surface area (Å²) in [5, 5.41) is 0. The number of hydrazine groups is 1. The van der Waals surface area contributed by atoms with E-state index in [-0.39, 0.29) is 17.9 Å². The summed E-state index contributed by atoms with van der Waals surface area (Å²) in [6.45, 7) is 3.75. The zero-order valence-corrected chi connectivity index (χ0v) is 19.6. The molecule has 0 aromatic heterocycles. The third-order valence-corrected chi connectivity index (χ3v) is 8.11. The van der Waals surface area contributed by atoms with Crippen LogP contribution in [0.15, 0.2) is 49.0 Å². The molecular formula is C28H32N2O4. The second-order valence-electron chi connectivity index (χ2n) is 10.3. The van der Waals surface area contributed by atoms with Gasteiger partial charge in [-0.1, -0.05) is 36.9 Å². The molecule has 0 radical (unpaired) electrons. The summed E-state index contributed by atoms with van der Waals surface area (Å²) in [5.74, 6) is 7.53. The number of methoxy groups -OCH3 is 1. The molecule has 0 aliphatic heterocycles. The van der Waals surface area contributed by atoms with E-state index in [1.807, 2.05) is 30.3 Å². The van der Waals surface area contributed by atoms with Gasteiger partial charge in [-0.05, 0) is 96.1 Å². The lowest BCUT2D eigenvalue weighted by Gasteiger charge is -2.57. The fraction of sp³-hybridized carbons (Fsp3) is 0.429. The average molecular weight is 461 g/mol. The fourth-order valence-corrected chi connectivity index (χ4v) is 7.03. The van der Waals surface area contributed by atoms with E-state index in [0.29, 0.717) is 11.3 Å². The van der Waals surface area contributed by atoms with E-state index >= 15 is 0 Å². The Kier molecular flexibility index (Phi) is 5.94. The predicted molar refractivity (Wildman–Crippen MR) is 131 cm³/mol. The molecule has 4 aliphatic carbocycles. The monoisotopic (exact) mass is 460 g/mol. The molecule has 34 heavy (non-hydrogen) atoms. The third-order valence-electron chi connectivity index (χ3n) is 8.11. The van der Waals surface area contributed by atoms with Crippen molar-refractivity contribution in [1.29, 1.82) is 0 Å². The van der Waals surface area contributed by atoms with E-state index in [4.69, 9.17) is 15.3 Å². The molecule has 6 nitrogen and oxygen atoms in total. The van der Waals surface area contributed by atoms with Crippen molar-refractivity contribution in [2.75, 3.05) is 13.7 Å². The molecule has 0 spiro atoms. The Hall–Kier alpha value is -3.12. The first kappa shape index (κ1) is 22.7. The Bertz CT molecular complexity index is 1090. The number of benzene rings is 2. The van der Waals surface area contributed by atoms with Crippen molar-refractivity contribution in [3.8, 4) is 16.9 Å². The van der Waals surface area contributed by atoms with Gasteiger partial charge in [0.25, 0.3) is 5.91 Å². The van der Waals surface area contributed by atoms with E-state index in [1.54, 1.807) is 0 Å². The number of hydrogen-bond acceptors (Lipinski definition) is 5. The van der Waals surface area contributed by atoms with Gasteiger partial charge >= 0.3 is 5.97 Å². The van der Waals surface area contributed by atoms with Crippen molar-refractivity contribution in [3.05, 3.63) is 60.2 Å². The number of hydrogen-bond donors (Lipinski definition) is 2. The van der Waals surface area contributed by atoms with Gasteiger partial charge in [0.1, 0.15) is 5.75 Å². The molecule has 0 unspecified atom stereocenters. The van der Waals surface area contributed by atoms with Crippen LogP contribution in [0.4, 0.5) is 0 Å². The van der Waals surface area contributed by atoms with Gasteiger partial charge in [-0.25, -0.2) is 10.6 Å². The Morgan fingerprint density at radius 3 is 2.21 bits per heavy atom. The molecule has 0 atom stereocenters. The number of esters is 1. The molecule has 4 aliphatic rings. The highest BCUT2D eigenvalue weighted by molar-refractivity contribution is 6.15. The van der Waals surface area contributed by atoms with Crippen molar-refractivity contribution in [3.63, 3.8) is 0 Å². The minimum atomic E-state index is -0.426. The van der Waals surface area contributed by atoms with Crippen molar-refractivity contribution >= 4 is 17.4 Å². The smallest absolute Gasteiger partial charge is 0.337 e. The summed E-state index contributed by atoms with van der Waals surface area (Å²) in [7, 11) is 1.36. The summed E-state index contributed by atoms with van der Waals surface area (Å²) in [4.78, 5) is 23.5. The van der Waals surface area contributed by atoms with Gasteiger partial charge in [0.2, 0.25) is 0 Å². The first-order valence-corrected chi connectivity index (χ1v) is 12.1. The quantitative estimate of drug-likeness (QED) is 0.210. The number of carbonyl (C=O) groups excluding carboxylic acids is 2. The van der Waals surface area contributed by atoms with Gasteiger partial charge < -0.3 is 9.47 Å². The zero-order chi connectivity index (χ0) is 23.9. The highest BCUT2D eigenvalue weighted by atomic mass is 16.5. The van der Waals surface area contributed by atoms with Gasteiger partial charge in [-0.2, -0.15) is 0 Å². The number of carbonyl (C=O) groups is 2. The van der Waals surface area contributed by atoms with Crippen LogP contribution >= 0.6 is 0 Å². The number of nitrogens with one attached hydrogen (secondary N) is 1. The van der Waals surface area contributed by atoms with Gasteiger partial charge in [-0.15, -0.1) is 0 Å². The lowest BCUT2D eigenvalue weighted by atomic mass is 9.47. The summed E-state index contributed by atoms with van der Waals surface area (Å²) >= 11 is 0. The van der Waals surface area contributed by atoms with Crippen LogP contribution in [0.3, 0.4) is 0 Å². The van der Waals surface area contributed by atoms with E-state index in [9.17, 15) is 9.59 Å². The van der Waals surface area contributed by atoms with Crippen LogP contribution < -0.4 is 16.0 Å². The minimum absolute atomic E-state index is 0.111. The van der Waals surface area contributed by atoms with Gasteiger partial charge in [0, 0.05) is 0 Å². The number of nitrogens with two attached hydrogens (primary N) is 1. The lowest BCUT2D eigenvalue weighted by Crippen LogP contribution is -2.48. The molecule has 0 heterocycles. The SMILES string of the molecule is C=C(C(=O)OC)c1ccc(-c2ccc(OCC(=O)NN)cc2C23CC4CC(CC(C4)C2)C3)cc1. The molecule has 2 aromatic carbocycles. The molecule has 6 rings (SSSR count). The zero-order valence-electron chi connectivity index (χ0n) is 19.6. The van der Waals surface area contributed by atoms with Crippen LogP contribution in [0.25, 0.3) is 16.7 Å². The molecule has 4 bridgehead atoms. The van der Waals surface area contributed by atoms with Crippen molar-refractivity contribution in [1.82, 2.24) is 5.43 Å². The van der Waals surface area contributed by atoms with Gasteiger partial charge in [-0.3, -0.25) is 10.2 Å². The molecule has 2 aromatic rings. The highest BCUT2D eigenvalue weighted by Crippen LogP contribution is 2.62. The maximum atomic E-state index is 11.9. The lowest BCUT2D eigenvalue weighted by molar-refractivity contribution is -0.133. The van der Waals surface area contributed by atoms with Crippen LogP contribution in [0.1, 0.15) is 49.7 Å². The molecular weight excluding hydrogens is 428 g/mol. The van der Waals surface area contributed by atoms with E-state index in [0.717, 1.165) is 28.9 Å². The Morgan fingerprint density at radius 1 is 1.03 bits per heavy atom. The second kappa shape index (κ2) is 8.91. The maximum absolute atomic E-state index is 11.9. The Morgan fingerprint density at radius 2 is 1.65 bits per heavy atom. The highest BCUT2D eigenvalue weighted by Gasteiger charge is 2.52. The second-order valence-corrected chi connectivity index (χ2v) is 10.3. The first-order valence-electron chi connectivity index (χ1n) is 12.1. The summed E-state index contributed by atoms with van der Waals surface area (Å²) in [6, 6.07) is 14.1. The van der Waals surface area contributed by atoms with Gasteiger partial charge in [0.05, 0.1) is 12.7 Å². The summed E-state index contributed by atoms with van der Waals surface area (Å²) in [6.07, 6.45) is 7.76. The van der Waals surface area contributed by atoms with Crippen molar-refractivity contribution in [2.24, 2.45) is 23.6 Å². The summed E-state index contributed by atoms with van der Waals surface area (Å²) < 4.78 is 10.6. The third kappa shape index (κ3) is 4.11. The first-order chi connectivity index (χ1) is 16.4. The van der Waals surface area contributed by atoms with E-state index in [1.165, 1.54) is 56.8 Å². The molecule has 178 valence electrons. The summed E-state index contributed by atoms with van der Waals surface area (Å²) in [5.41, 5.74) is 6.96. The van der Waals surface area contributed by atoms with E-state index in [2.05, 4.69) is 24.1 Å². The molecule has 1 amide bonds. The maximum Gasteiger partial charge on any atom is 0.337 e. The molecule has 4 fully saturated rings. The standard InChI is InChI=1S/C28H32N2O4/c1-17(27(32)33-2)21-3-5-22(6-4-21)24-8-7-23(34-16-26(31)30-29)12-25(24)28-13-18-9-19(14-28)11-20(10-18)15-28/h3-8,12,18-20H,1,9-11,13-16,29H2,2H3,(H,30,31). The largest absolute Gasteiger partial charge is 0.484 e. The average Bonchev–Trinajstić information content (AvgIpc) is 2.85. The van der Waals surface area contributed by atoms with Crippen molar-refractivity contribution < 1.29 is 19.1 Å². The van der Waals surface area contributed by atoms with E-state index < -0.39 is 5.97 Å².